The van der Waals surface area contributed by atoms with Crippen molar-refractivity contribution in [3.05, 3.63) is 35.9 Å². The summed E-state index contributed by atoms with van der Waals surface area (Å²) < 4.78 is 38.5. The summed E-state index contributed by atoms with van der Waals surface area (Å²) in [7, 11) is 0. The van der Waals surface area contributed by atoms with Gasteiger partial charge in [-0.05, 0) is 47.7 Å². The Bertz CT molecular complexity index is 1090. The Hall–Kier alpha value is -2.98. The van der Waals surface area contributed by atoms with Gasteiger partial charge in [0, 0.05) is 50.3 Å². The summed E-state index contributed by atoms with van der Waals surface area (Å²) in [6.45, 7) is 5.08. The molecule has 10 heteroatoms. The summed E-state index contributed by atoms with van der Waals surface area (Å²) in [4.78, 5) is 21.0. The van der Waals surface area contributed by atoms with E-state index >= 15 is 0 Å². The number of anilines is 2. The lowest BCUT2D eigenvalue weighted by Gasteiger charge is -2.38. The molecule has 0 spiro atoms. The molecule has 2 atom stereocenters. The third kappa shape index (κ3) is 4.90. The molecule has 8 nitrogen and oxygen atoms in total. The van der Waals surface area contributed by atoms with Crippen LogP contribution < -0.4 is 15.0 Å². The molecule has 2 unspecified atom stereocenters. The van der Waals surface area contributed by atoms with Crippen molar-refractivity contribution in [1.82, 2.24) is 9.88 Å². The predicted octanol–water partition coefficient (Wildman–Crippen LogP) is 3.38. The average Bonchev–Trinajstić information content (AvgIpc) is 3.24. The van der Waals surface area contributed by atoms with Crippen LogP contribution in [-0.2, 0) is 4.74 Å². The summed E-state index contributed by atoms with van der Waals surface area (Å²) >= 11 is 0. The van der Waals surface area contributed by atoms with Gasteiger partial charge >= 0.3 is 6.03 Å². The number of carbonyl (C=O) groups excluding carboxylic acids is 1. The van der Waals surface area contributed by atoms with E-state index in [2.05, 4.69) is 15.2 Å². The molecule has 1 aliphatic carbocycles. The largest absolute Gasteiger partial charge is 0.475 e. The molecule has 2 saturated heterocycles. The molecule has 35 heavy (non-hydrogen) atoms. The Kier molecular flexibility index (Phi) is 6.50. The van der Waals surface area contributed by atoms with Crippen molar-refractivity contribution in [3.8, 4) is 17.0 Å². The number of ether oxygens (including phenoxy) is 2. The fraction of sp³-hybridized carbons (Fsp3) is 0.520. The first-order valence-electron chi connectivity index (χ1n) is 12.0. The number of morpholine rings is 1. The van der Waals surface area contributed by atoms with Crippen LogP contribution in [0.5, 0.6) is 5.88 Å². The molecule has 3 heterocycles. The Morgan fingerprint density at radius 3 is 2.77 bits per heavy atom. The number of aryl methyl sites for hydroxylation is 1. The van der Waals surface area contributed by atoms with Gasteiger partial charge in [-0.25, -0.2) is 13.6 Å². The predicted molar refractivity (Wildman–Crippen MR) is 127 cm³/mol. The van der Waals surface area contributed by atoms with Crippen LogP contribution in [0.4, 0.5) is 25.1 Å². The number of pyridine rings is 1. The summed E-state index contributed by atoms with van der Waals surface area (Å²) in [6.07, 6.45) is -0.135. The summed E-state index contributed by atoms with van der Waals surface area (Å²) in [5.74, 6) is -2.35. The van der Waals surface area contributed by atoms with Crippen LogP contribution in [0.2, 0.25) is 0 Å². The number of amides is 2. The highest BCUT2D eigenvalue weighted by molar-refractivity contribution is 5.91. The summed E-state index contributed by atoms with van der Waals surface area (Å²) in [5, 5.41) is 12.1. The van der Waals surface area contributed by atoms with E-state index in [0.29, 0.717) is 44.4 Å². The maximum atomic E-state index is 13.7. The maximum Gasteiger partial charge on any atom is 0.321 e. The topological polar surface area (TPSA) is 87.2 Å². The maximum absolute atomic E-state index is 13.7. The van der Waals surface area contributed by atoms with Crippen molar-refractivity contribution in [2.75, 3.05) is 62.8 Å². The molecule has 2 N–H and O–H groups in total. The van der Waals surface area contributed by atoms with Gasteiger partial charge in [-0.2, -0.15) is 4.98 Å². The Balaban J connectivity index is 1.38. The van der Waals surface area contributed by atoms with Crippen LogP contribution in [0.25, 0.3) is 11.1 Å². The first kappa shape index (κ1) is 23.7. The number of aliphatic hydroxyl groups is 1. The van der Waals surface area contributed by atoms with Gasteiger partial charge in [0.2, 0.25) is 5.88 Å². The van der Waals surface area contributed by atoms with E-state index in [9.17, 15) is 18.7 Å². The van der Waals surface area contributed by atoms with Crippen molar-refractivity contribution in [3.63, 3.8) is 0 Å². The van der Waals surface area contributed by atoms with Gasteiger partial charge in [0.05, 0.1) is 19.8 Å². The molecule has 2 aliphatic heterocycles. The molecule has 188 valence electrons. The van der Waals surface area contributed by atoms with Crippen molar-refractivity contribution in [1.29, 1.82) is 0 Å². The Labute approximate surface area is 202 Å². The highest BCUT2D eigenvalue weighted by atomic mass is 19.3. The van der Waals surface area contributed by atoms with Crippen LogP contribution in [0.1, 0.15) is 12.0 Å². The molecule has 3 aliphatic rings. The van der Waals surface area contributed by atoms with Crippen molar-refractivity contribution >= 4 is 17.5 Å². The van der Waals surface area contributed by atoms with E-state index in [1.54, 1.807) is 0 Å². The third-order valence-electron chi connectivity index (χ3n) is 7.07. The van der Waals surface area contributed by atoms with Gasteiger partial charge < -0.3 is 29.7 Å². The number of benzene rings is 1. The van der Waals surface area contributed by atoms with Gasteiger partial charge in [-0.15, -0.1) is 0 Å². The molecule has 3 fully saturated rings. The molecule has 1 aromatic carbocycles. The van der Waals surface area contributed by atoms with E-state index in [1.165, 1.54) is 4.90 Å². The number of fused-ring (bicyclic) bond motifs is 1. The zero-order valence-electron chi connectivity index (χ0n) is 19.7. The summed E-state index contributed by atoms with van der Waals surface area (Å²) in [5.41, 5.74) is 3.33. The Morgan fingerprint density at radius 1 is 1.26 bits per heavy atom. The SMILES string of the molecule is Cc1ccc(NC(=O)N2CC3CC(F)(F)C3C2)cc1-c1cc(OCCO)nc(N2CCOCC2)c1. The number of aromatic nitrogens is 1. The fourth-order valence-electron chi connectivity index (χ4n) is 5.10. The number of nitrogens with zero attached hydrogens (tertiary/aromatic N) is 3. The number of aliphatic hydroxyl groups excluding tert-OH is 1. The Morgan fingerprint density at radius 2 is 2.06 bits per heavy atom. The molecule has 5 rings (SSSR count). The molecule has 1 saturated carbocycles. The second-order valence-electron chi connectivity index (χ2n) is 9.42. The number of urea groups is 1. The third-order valence-corrected chi connectivity index (χ3v) is 7.07. The van der Waals surface area contributed by atoms with Gasteiger partial charge in [0.15, 0.2) is 0 Å². The second kappa shape index (κ2) is 9.58. The molecule has 1 aromatic heterocycles. The molecule has 2 aromatic rings. The number of rotatable bonds is 6. The smallest absolute Gasteiger partial charge is 0.321 e. The van der Waals surface area contributed by atoms with Crippen LogP contribution in [0.15, 0.2) is 30.3 Å². The van der Waals surface area contributed by atoms with Gasteiger partial charge in [-0.3, -0.25) is 0 Å². The van der Waals surface area contributed by atoms with Crippen molar-refractivity contribution in [2.24, 2.45) is 11.8 Å². The number of nitrogens with one attached hydrogen (secondary N) is 1. The van der Waals surface area contributed by atoms with Crippen LogP contribution in [0, 0.1) is 18.8 Å². The molecule has 0 radical (unpaired) electrons. The fourth-order valence-corrected chi connectivity index (χ4v) is 5.10. The van der Waals surface area contributed by atoms with E-state index in [4.69, 9.17) is 9.47 Å². The molecule has 2 amide bonds. The lowest BCUT2D eigenvalue weighted by Crippen LogP contribution is -2.46. The lowest BCUT2D eigenvalue weighted by molar-refractivity contribution is -0.152. The molecule has 0 bridgehead atoms. The number of halogens is 2. The quantitative estimate of drug-likeness (QED) is 0.648. The van der Waals surface area contributed by atoms with E-state index in [-0.39, 0.29) is 38.1 Å². The van der Waals surface area contributed by atoms with E-state index in [0.717, 1.165) is 22.5 Å². The van der Waals surface area contributed by atoms with Gasteiger partial charge in [-0.1, -0.05) is 6.07 Å². The van der Waals surface area contributed by atoms with Gasteiger partial charge in [0.1, 0.15) is 12.4 Å². The number of likely N-dealkylation sites (tertiary alicyclic amines) is 1. The highest BCUT2D eigenvalue weighted by Crippen LogP contribution is 2.52. The normalized spacial score (nSPS) is 23.0. The van der Waals surface area contributed by atoms with E-state index < -0.39 is 11.8 Å². The van der Waals surface area contributed by atoms with Crippen LogP contribution in [-0.4, -0.2) is 79.6 Å². The number of alkyl halides is 2. The first-order chi connectivity index (χ1) is 16.8. The van der Waals surface area contributed by atoms with Crippen molar-refractivity contribution in [2.45, 2.75) is 19.3 Å². The zero-order valence-corrected chi connectivity index (χ0v) is 19.7. The minimum atomic E-state index is -2.66. The van der Waals surface area contributed by atoms with Gasteiger partial charge in [0.25, 0.3) is 5.92 Å². The lowest BCUT2D eigenvalue weighted by atomic mass is 9.72. The highest BCUT2D eigenvalue weighted by Gasteiger charge is 2.60. The zero-order chi connectivity index (χ0) is 24.6. The van der Waals surface area contributed by atoms with Crippen LogP contribution in [0.3, 0.4) is 0 Å². The monoisotopic (exact) mass is 488 g/mol. The number of hydrogen-bond acceptors (Lipinski definition) is 6. The standard InChI is InChI=1S/C25H30F2N4O4/c1-16-2-3-19(28-24(33)31-14-18-13-25(26,27)21(18)15-31)12-20(16)17-10-22(30-4-7-34-8-5-30)29-23(11-17)35-9-6-32/h2-3,10-12,18,21,32H,4-9,13-15H2,1H3,(H,28,33). The van der Waals surface area contributed by atoms with Crippen LogP contribution >= 0.6 is 0 Å². The van der Waals surface area contributed by atoms with E-state index in [1.807, 2.05) is 37.3 Å². The number of carbonyl (C=O) groups is 1. The number of hydrogen-bond donors (Lipinski definition) is 2. The minimum Gasteiger partial charge on any atom is -0.475 e. The summed E-state index contributed by atoms with van der Waals surface area (Å²) in [6, 6.07) is 9.03. The van der Waals surface area contributed by atoms with Crippen molar-refractivity contribution < 1.29 is 28.2 Å². The average molecular weight is 489 g/mol. The molecular weight excluding hydrogens is 458 g/mol. The molecular formula is C25H30F2N4O4. The minimum absolute atomic E-state index is 0.0844. The second-order valence-corrected chi connectivity index (χ2v) is 9.42. The first-order valence-corrected chi connectivity index (χ1v) is 12.0.